The van der Waals surface area contributed by atoms with Crippen molar-refractivity contribution < 1.29 is 13.2 Å². The number of rotatable bonds is 3. The Morgan fingerprint density at radius 2 is 1.96 bits per heavy atom. The number of nitrogens with one attached hydrogen (secondary N) is 2. The summed E-state index contributed by atoms with van der Waals surface area (Å²) in [5.41, 5.74) is 0.298. The molecule has 0 saturated carbocycles. The van der Waals surface area contributed by atoms with Gasteiger partial charge in [0.2, 0.25) is 0 Å². The predicted octanol–water partition coefficient (Wildman–Crippen LogP) is 3.25. The molecule has 3 rings (SSSR count). The number of pyridine rings is 1. The van der Waals surface area contributed by atoms with Crippen LogP contribution < -0.4 is 5.32 Å². The first-order valence-corrected chi connectivity index (χ1v) is 6.82. The quantitative estimate of drug-likeness (QED) is 0.774. The summed E-state index contributed by atoms with van der Waals surface area (Å²) in [6.45, 7) is 3.56. The van der Waals surface area contributed by atoms with Crippen LogP contribution in [-0.2, 0) is 6.18 Å². The monoisotopic (exact) mass is 322 g/mol. The molecule has 0 radical (unpaired) electrons. The molecule has 0 fully saturated rings. The van der Waals surface area contributed by atoms with Crippen LogP contribution >= 0.6 is 0 Å². The van der Waals surface area contributed by atoms with E-state index < -0.39 is 11.9 Å². The molecule has 3 aromatic heterocycles. The number of fused-ring (bicyclic) bond motifs is 1. The van der Waals surface area contributed by atoms with E-state index in [1.807, 2.05) is 6.92 Å². The van der Waals surface area contributed by atoms with Gasteiger partial charge in [-0.3, -0.25) is 10.1 Å². The molecular weight excluding hydrogens is 309 g/mol. The fourth-order valence-electron chi connectivity index (χ4n) is 2.17. The van der Waals surface area contributed by atoms with Crippen LogP contribution in [0, 0.1) is 6.92 Å². The number of anilines is 1. The first-order chi connectivity index (χ1) is 10.8. The van der Waals surface area contributed by atoms with Crippen LogP contribution in [0.5, 0.6) is 0 Å². The van der Waals surface area contributed by atoms with E-state index in [0.29, 0.717) is 28.2 Å². The van der Waals surface area contributed by atoms with Crippen molar-refractivity contribution in [2.45, 2.75) is 26.1 Å². The van der Waals surface area contributed by atoms with E-state index >= 15 is 0 Å². The van der Waals surface area contributed by atoms with Crippen molar-refractivity contribution in [3.8, 4) is 0 Å². The van der Waals surface area contributed by atoms with Crippen molar-refractivity contribution in [2.75, 3.05) is 5.32 Å². The Bertz CT molecular complexity index is 825. The standard InChI is InChI=1S/C14H13F3N6/c1-7(9-3-4-11(18-5-9)14(15,16)17)20-12-10-6-19-23-13(10)22-8(2)21-12/h3-7H,1-2H3,(H2,19,20,21,22,23)/t7-/m0/s1. The second-order valence-corrected chi connectivity index (χ2v) is 5.09. The van der Waals surface area contributed by atoms with Crippen LogP contribution in [0.4, 0.5) is 19.0 Å². The van der Waals surface area contributed by atoms with Gasteiger partial charge in [0.15, 0.2) is 5.65 Å². The lowest BCUT2D eigenvalue weighted by Crippen LogP contribution is -2.12. The Labute approximate surface area is 129 Å². The highest BCUT2D eigenvalue weighted by Gasteiger charge is 2.32. The van der Waals surface area contributed by atoms with Crippen molar-refractivity contribution in [1.29, 1.82) is 0 Å². The van der Waals surface area contributed by atoms with Gasteiger partial charge in [-0.2, -0.15) is 18.3 Å². The van der Waals surface area contributed by atoms with Crippen molar-refractivity contribution in [1.82, 2.24) is 25.1 Å². The fraction of sp³-hybridized carbons (Fsp3) is 0.286. The van der Waals surface area contributed by atoms with Gasteiger partial charge in [0.05, 0.1) is 17.6 Å². The van der Waals surface area contributed by atoms with E-state index in [9.17, 15) is 13.2 Å². The third kappa shape index (κ3) is 3.08. The number of H-pyrrole nitrogens is 1. The van der Waals surface area contributed by atoms with Gasteiger partial charge < -0.3 is 5.32 Å². The van der Waals surface area contributed by atoms with Crippen molar-refractivity contribution in [3.05, 3.63) is 41.6 Å². The average Bonchev–Trinajstić information content (AvgIpc) is 2.94. The molecule has 0 aliphatic heterocycles. The Hall–Kier alpha value is -2.71. The molecule has 1 atom stereocenters. The van der Waals surface area contributed by atoms with Crippen LogP contribution in [0.1, 0.15) is 30.0 Å². The molecule has 0 unspecified atom stereocenters. The van der Waals surface area contributed by atoms with Gasteiger partial charge in [-0.15, -0.1) is 0 Å². The molecule has 6 nitrogen and oxygen atoms in total. The lowest BCUT2D eigenvalue weighted by atomic mass is 10.1. The van der Waals surface area contributed by atoms with Gasteiger partial charge in [0.1, 0.15) is 17.3 Å². The lowest BCUT2D eigenvalue weighted by Gasteiger charge is -2.16. The number of aromatic nitrogens is 5. The zero-order chi connectivity index (χ0) is 16.6. The average molecular weight is 322 g/mol. The molecule has 2 N–H and O–H groups in total. The third-order valence-electron chi connectivity index (χ3n) is 3.35. The number of hydrogen-bond donors (Lipinski definition) is 2. The Morgan fingerprint density at radius 3 is 2.61 bits per heavy atom. The van der Waals surface area contributed by atoms with Gasteiger partial charge in [-0.25, -0.2) is 9.97 Å². The molecule has 0 spiro atoms. The summed E-state index contributed by atoms with van der Waals surface area (Å²) < 4.78 is 37.6. The largest absolute Gasteiger partial charge is 0.433 e. The molecule has 3 heterocycles. The molecular formula is C14H13F3N6. The zero-order valence-corrected chi connectivity index (χ0v) is 12.3. The van der Waals surface area contributed by atoms with Crippen LogP contribution in [0.15, 0.2) is 24.5 Å². The summed E-state index contributed by atoms with van der Waals surface area (Å²) >= 11 is 0. The number of nitrogens with zero attached hydrogens (tertiary/aromatic N) is 4. The molecule has 23 heavy (non-hydrogen) atoms. The van der Waals surface area contributed by atoms with Crippen LogP contribution in [-0.4, -0.2) is 25.1 Å². The van der Waals surface area contributed by atoms with Gasteiger partial charge >= 0.3 is 6.18 Å². The van der Waals surface area contributed by atoms with E-state index in [0.717, 1.165) is 6.07 Å². The maximum Gasteiger partial charge on any atom is 0.433 e. The number of halogens is 3. The smallest absolute Gasteiger partial charge is 0.363 e. The fourth-order valence-corrected chi connectivity index (χ4v) is 2.17. The van der Waals surface area contributed by atoms with E-state index in [1.165, 1.54) is 12.3 Å². The number of aromatic amines is 1. The highest BCUT2D eigenvalue weighted by molar-refractivity contribution is 5.85. The minimum Gasteiger partial charge on any atom is -0.363 e. The number of aryl methyl sites for hydroxylation is 1. The summed E-state index contributed by atoms with van der Waals surface area (Å²) in [5, 5.41) is 10.5. The van der Waals surface area contributed by atoms with E-state index in [-0.39, 0.29) is 6.04 Å². The molecule has 0 aromatic carbocycles. The summed E-state index contributed by atoms with van der Waals surface area (Å²) in [6, 6.07) is 2.08. The molecule has 120 valence electrons. The van der Waals surface area contributed by atoms with Gasteiger partial charge in [0, 0.05) is 6.20 Å². The second-order valence-electron chi connectivity index (χ2n) is 5.09. The number of alkyl halides is 3. The van der Waals surface area contributed by atoms with Gasteiger partial charge in [-0.05, 0) is 25.5 Å². The molecule has 0 amide bonds. The first-order valence-electron chi connectivity index (χ1n) is 6.82. The van der Waals surface area contributed by atoms with E-state index in [4.69, 9.17) is 0 Å². The molecule has 0 aliphatic rings. The SMILES string of the molecule is Cc1nc(N[C@@H](C)c2ccc(C(F)(F)F)nc2)c2cn[nH]c2n1. The highest BCUT2D eigenvalue weighted by atomic mass is 19.4. The molecule has 0 bridgehead atoms. The molecule has 0 saturated heterocycles. The topological polar surface area (TPSA) is 79.4 Å². The zero-order valence-electron chi connectivity index (χ0n) is 12.3. The predicted molar refractivity (Wildman–Crippen MR) is 77.7 cm³/mol. The van der Waals surface area contributed by atoms with Crippen molar-refractivity contribution >= 4 is 16.9 Å². The Morgan fingerprint density at radius 1 is 1.17 bits per heavy atom. The third-order valence-corrected chi connectivity index (χ3v) is 3.35. The minimum atomic E-state index is -4.44. The highest BCUT2D eigenvalue weighted by Crippen LogP contribution is 2.29. The summed E-state index contributed by atoms with van der Waals surface area (Å²) in [6.07, 6.45) is -1.64. The summed E-state index contributed by atoms with van der Waals surface area (Å²) in [4.78, 5) is 12.0. The first kappa shape index (κ1) is 15.2. The Balaban J connectivity index is 1.86. The normalized spacial score (nSPS) is 13.3. The molecule has 0 aliphatic carbocycles. The van der Waals surface area contributed by atoms with Crippen molar-refractivity contribution in [2.24, 2.45) is 0 Å². The maximum absolute atomic E-state index is 12.5. The minimum absolute atomic E-state index is 0.280. The van der Waals surface area contributed by atoms with E-state index in [2.05, 4.69) is 30.5 Å². The maximum atomic E-state index is 12.5. The molecule has 3 aromatic rings. The number of hydrogen-bond acceptors (Lipinski definition) is 5. The van der Waals surface area contributed by atoms with Gasteiger partial charge in [-0.1, -0.05) is 6.07 Å². The van der Waals surface area contributed by atoms with E-state index in [1.54, 1.807) is 13.1 Å². The van der Waals surface area contributed by atoms with Crippen molar-refractivity contribution in [3.63, 3.8) is 0 Å². The summed E-state index contributed by atoms with van der Waals surface area (Å²) in [7, 11) is 0. The van der Waals surface area contributed by atoms with Crippen LogP contribution in [0.25, 0.3) is 11.0 Å². The summed E-state index contributed by atoms with van der Waals surface area (Å²) in [5.74, 6) is 1.12. The Kier molecular flexibility index (Phi) is 3.63. The van der Waals surface area contributed by atoms with Crippen LogP contribution in [0.3, 0.4) is 0 Å². The van der Waals surface area contributed by atoms with Gasteiger partial charge in [0.25, 0.3) is 0 Å². The van der Waals surface area contributed by atoms with Crippen LogP contribution in [0.2, 0.25) is 0 Å². The molecule has 9 heteroatoms. The lowest BCUT2D eigenvalue weighted by molar-refractivity contribution is -0.141. The second kappa shape index (κ2) is 5.49.